The van der Waals surface area contributed by atoms with Crippen LogP contribution in [0, 0.1) is 29.1 Å². The molecule has 6 rings (SSSR count). The summed E-state index contributed by atoms with van der Waals surface area (Å²) < 4.78 is 1.70. The molecule has 2 saturated carbocycles. The molecule has 6 nitrogen and oxygen atoms in total. The minimum Gasteiger partial charge on any atom is -0.391 e. The highest BCUT2D eigenvalue weighted by Crippen LogP contribution is 2.56. The highest BCUT2D eigenvalue weighted by Gasteiger charge is 2.48. The number of hydrogen-bond donors (Lipinski definition) is 1. The summed E-state index contributed by atoms with van der Waals surface area (Å²) in [4.78, 5) is 21.5. The van der Waals surface area contributed by atoms with E-state index in [-0.39, 0.29) is 17.0 Å². The topological polar surface area (TPSA) is 82.1 Å². The molecule has 0 bridgehead atoms. The lowest BCUT2D eigenvalue weighted by Crippen LogP contribution is -2.45. The number of hydrogen-bond acceptors (Lipinski definition) is 5. The Morgan fingerprint density at radius 3 is 2.71 bits per heavy atom. The average Bonchev–Trinajstić information content (AvgIpc) is 2.97. The summed E-state index contributed by atoms with van der Waals surface area (Å²) in [5.74, 6) is 1.25. The third kappa shape index (κ3) is 4.50. The van der Waals surface area contributed by atoms with E-state index in [1.807, 2.05) is 12.1 Å². The molecular weight excluding hydrogens is 508 g/mol. The molecule has 0 spiro atoms. The minimum absolute atomic E-state index is 0.0705. The van der Waals surface area contributed by atoms with Crippen LogP contribution >= 0.6 is 0 Å². The van der Waals surface area contributed by atoms with Crippen LogP contribution in [-0.4, -0.2) is 34.4 Å². The summed E-state index contributed by atoms with van der Waals surface area (Å²) in [6.45, 7) is 7.72. The highest BCUT2D eigenvalue weighted by atomic mass is 16.3. The maximum Gasteiger partial charge on any atom is 0.261 e. The molecule has 2 heterocycles. The van der Waals surface area contributed by atoms with Crippen molar-refractivity contribution in [1.82, 2.24) is 9.55 Å². The van der Waals surface area contributed by atoms with Crippen LogP contribution in [-0.2, 0) is 5.41 Å². The predicted molar refractivity (Wildman–Crippen MR) is 165 cm³/mol. The Labute approximate surface area is 243 Å². The zero-order valence-electron chi connectivity index (χ0n) is 24.8. The predicted octanol–water partition coefficient (Wildman–Crippen LogP) is 6.59. The quantitative estimate of drug-likeness (QED) is 0.397. The molecule has 2 aromatic carbocycles. The number of nitrogens with zero attached hydrogens (tertiary/aromatic N) is 4. The Bertz CT molecular complexity index is 1600. The van der Waals surface area contributed by atoms with E-state index in [9.17, 15) is 15.2 Å². The lowest BCUT2D eigenvalue weighted by atomic mass is 9.53. The van der Waals surface area contributed by atoms with Crippen LogP contribution in [0.15, 0.2) is 47.5 Å². The molecule has 0 saturated heterocycles. The van der Waals surface area contributed by atoms with Gasteiger partial charge in [-0.15, -0.1) is 0 Å². The first kappa shape index (κ1) is 27.7. The number of benzene rings is 2. The molecule has 3 aromatic rings. The number of aliphatic hydroxyl groups excluding tert-OH is 1. The average molecular weight is 551 g/mol. The maximum absolute atomic E-state index is 14.4. The monoisotopic (exact) mass is 550 g/mol. The van der Waals surface area contributed by atoms with Crippen LogP contribution in [0.3, 0.4) is 0 Å². The van der Waals surface area contributed by atoms with Crippen molar-refractivity contribution in [2.75, 3.05) is 18.5 Å². The molecular formula is C35H42N4O2. The standard InChI is InChI=1S/C35H42N4O2/c1-22(2)28-15-14-23(3)19-35(28,25-10-7-9-24(17-25)20-36)29-18-27-32(33-26(29)11-8-16-38(33)4)37-21-39(34(27)41)30-12-5-6-13-31(30)40/h7-11,17-18,21-23,28,30-31,40H,5-6,12-16,19H2,1-4H3/t23?,28?,30-,31-,35?/m0/s1. The maximum atomic E-state index is 14.4. The van der Waals surface area contributed by atoms with Crippen LogP contribution in [0.1, 0.15) is 94.0 Å². The number of fused-ring (bicyclic) bond motifs is 3. The van der Waals surface area contributed by atoms with E-state index >= 15 is 0 Å². The van der Waals surface area contributed by atoms with E-state index < -0.39 is 6.10 Å². The first-order chi connectivity index (χ1) is 19.8. The van der Waals surface area contributed by atoms with Gasteiger partial charge in [0, 0.05) is 24.6 Å². The second-order valence-corrected chi connectivity index (χ2v) is 13.1. The Balaban J connectivity index is 1.71. The fraction of sp³-hybridized carbons (Fsp3) is 0.514. The SMILES string of the molecule is CC1CCC(C(C)C)C(c2cccc(C#N)c2)(c2cc3c(=O)n([C@H]4CCCC[C@@H]4O)cnc3c3c2C=CCN3C)C1. The lowest BCUT2D eigenvalue weighted by Gasteiger charge is -2.50. The van der Waals surface area contributed by atoms with Crippen molar-refractivity contribution >= 4 is 22.7 Å². The van der Waals surface area contributed by atoms with Gasteiger partial charge in [0.25, 0.3) is 5.56 Å². The van der Waals surface area contributed by atoms with Crippen molar-refractivity contribution in [2.24, 2.45) is 17.8 Å². The Morgan fingerprint density at radius 2 is 1.95 bits per heavy atom. The third-order valence-corrected chi connectivity index (χ3v) is 10.3. The normalized spacial score (nSPS) is 28.1. The minimum atomic E-state index is -0.534. The number of rotatable bonds is 4. The smallest absolute Gasteiger partial charge is 0.261 e. The number of nitriles is 1. The molecule has 1 aromatic heterocycles. The molecule has 1 aliphatic heterocycles. The van der Waals surface area contributed by atoms with E-state index in [1.165, 1.54) is 12.0 Å². The molecule has 6 heteroatoms. The summed E-state index contributed by atoms with van der Waals surface area (Å²) in [5, 5.41) is 21.3. The molecule has 5 atom stereocenters. The molecule has 41 heavy (non-hydrogen) atoms. The highest BCUT2D eigenvalue weighted by molar-refractivity contribution is 5.98. The van der Waals surface area contributed by atoms with Crippen LogP contribution in [0.25, 0.3) is 17.0 Å². The van der Waals surface area contributed by atoms with Gasteiger partial charge in [-0.2, -0.15) is 5.26 Å². The van der Waals surface area contributed by atoms with E-state index in [2.05, 4.69) is 69.1 Å². The van der Waals surface area contributed by atoms with Gasteiger partial charge < -0.3 is 10.0 Å². The van der Waals surface area contributed by atoms with Crippen molar-refractivity contribution in [2.45, 2.75) is 83.3 Å². The molecule has 3 aliphatic rings. The summed E-state index contributed by atoms with van der Waals surface area (Å²) in [7, 11) is 2.08. The second-order valence-electron chi connectivity index (χ2n) is 13.1. The van der Waals surface area contributed by atoms with E-state index in [4.69, 9.17) is 4.98 Å². The molecule has 0 radical (unpaired) electrons. The molecule has 3 unspecified atom stereocenters. The van der Waals surface area contributed by atoms with Crippen molar-refractivity contribution in [3.63, 3.8) is 0 Å². The van der Waals surface area contributed by atoms with Gasteiger partial charge in [-0.25, -0.2) is 4.98 Å². The van der Waals surface area contributed by atoms with Crippen LogP contribution < -0.4 is 10.5 Å². The number of likely N-dealkylation sites (N-methyl/N-ethyl adjacent to an activating group) is 1. The van der Waals surface area contributed by atoms with Gasteiger partial charge >= 0.3 is 0 Å². The van der Waals surface area contributed by atoms with Crippen LogP contribution in [0.2, 0.25) is 0 Å². The van der Waals surface area contributed by atoms with Gasteiger partial charge in [0.2, 0.25) is 0 Å². The van der Waals surface area contributed by atoms with E-state index in [0.29, 0.717) is 35.1 Å². The third-order valence-electron chi connectivity index (χ3n) is 10.3. The van der Waals surface area contributed by atoms with Gasteiger partial charge in [-0.3, -0.25) is 9.36 Å². The van der Waals surface area contributed by atoms with Crippen molar-refractivity contribution < 1.29 is 5.11 Å². The van der Waals surface area contributed by atoms with E-state index in [1.54, 1.807) is 10.9 Å². The second kappa shape index (κ2) is 10.8. The Kier molecular flexibility index (Phi) is 7.28. The largest absolute Gasteiger partial charge is 0.391 e. The first-order valence-electron chi connectivity index (χ1n) is 15.4. The number of anilines is 1. The summed E-state index contributed by atoms with van der Waals surface area (Å²) in [5.41, 5.74) is 5.44. The summed E-state index contributed by atoms with van der Waals surface area (Å²) in [6.07, 6.45) is 12.3. The molecule has 2 fully saturated rings. The van der Waals surface area contributed by atoms with Gasteiger partial charge in [0.15, 0.2) is 0 Å². The van der Waals surface area contributed by atoms with Crippen molar-refractivity contribution in [3.05, 3.63) is 75.3 Å². The van der Waals surface area contributed by atoms with Crippen molar-refractivity contribution in [1.29, 1.82) is 5.26 Å². The summed E-state index contributed by atoms with van der Waals surface area (Å²) >= 11 is 0. The Hall–Kier alpha value is -3.43. The van der Waals surface area contributed by atoms with E-state index in [0.717, 1.165) is 61.0 Å². The van der Waals surface area contributed by atoms with Crippen LogP contribution in [0.5, 0.6) is 0 Å². The van der Waals surface area contributed by atoms with Crippen molar-refractivity contribution in [3.8, 4) is 6.07 Å². The Morgan fingerprint density at radius 1 is 1.15 bits per heavy atom. The first-order valence-corrected chi connectivity index (χ1v) is 15.4. The zero-order valence-corrected chi connectivity index (χ0v) is 24.8. The fourth-order valence-electron chi connectivity index (χ4n) is 8.35. The van der Waals surface area contributed by atoms with Gasteiger partial charge in [-0.05, 0) is 72.8 Å². The molecule has 0 amide bonds. The number of aromatic nitrogens is 2. The van der Waals surface area contributed by atoms with Gasteiger partial charge in [-0.1, -0.05) is 64.3 Å². The van der Waals surface area contributed by atoms with Gasteiger partial charge in [0.1, 0.15) is 5.52 Å². The molecule has 1 N–H and O–H groups in total. The zero-order chi connectivity index (χ0) is 28.9. The summed E-state index contributed by atoms with van der Waals surface area (Å²) in [6, 6.07) is 12.5. The fourth-order valence-corrected chi connectivity index (χ4v) is 8.35. The molecule has 214 valence electrons. The lowest BCUT2D eigenvalue weighted by molar-refractivity contribution is 0.0735. The molecule has 2 aliphatic carbocycles. The number of aliphatic hydroxyl groups is 1. The van der Waals surface area contributed by atoms with Gasteiger partial charge in [0.05, 0.1) is 41.2 Å². The van der Waals surface area contributed by atoms with Crippen LogP contribution in [0.4, 0.5) is 5.69 Å².